The molecule has 0 saturated heterocycles. The third-order valence-electron chi connectivity index (χ3n) is 1.80. The van der Waals surface area contributed by atoms with Gasteiger partial charge in [-0.1, -0.05) is 0 Å². The summed E-state index contributed by atoms with van der Waals surface area (Å²) in [7, 11) is 1.09. The summed E-state index contributed by atoms with van der Waals surface area (Å²) >= 11 is 5.49. The summed E-state index contributed by atoms with van der Waals surface area (Å²) < 4.78 is 44.7. The number of ether oxygens (including phenoxy) is 2. The summed E-state index contributed by atoms with van der Waals surface area (Å²) in [5, 5.41) is 8.71. The smallest absolute Gasteiger partial charge is 0.491 e. The summed E-state index contributed by atoms with van der Waals surface area (Å²) in [5.41, 5.74) is -0.587. The quantitative estimate of drug-likeness (QED) is 0.861. The molecule has 0 aliphatic heterocycles. The monoisotopic (exact) mass is 285 g/mol. The second-order valence-electron chi connectivity index (χ2n) is 2.99. The minimum absolute atomic E-state index is 0.0332. The van der Waals surface area contributed by atoms with E-state index in [4.69, 9.17) is 16.7 Å². The molecule has 0 spiro atoms. The number of aromatic carboxylic acids is 1. The van der Waals surface area contributed by atoms with Crippen LogP contribution in [0.3, 0.4) is 0 Å². The number of carboxylic acids is 1. The molecule has 0 aliphatic carbocycles. The van der Waals surface area contributed by atoms with Crippen molar-refractivity contribution in [1.29, 1.82) is 0 Å². The van der Waals surface area contributed by atoms with E-state index in [2.05, 4.69) is 14.5 Å². The van der Waals surface area contributed by atoms with Gasteiger partial charge in [0.2, 0.25) is 0 Å². The molecule has 0 aromatic carbocycles. The van der Waals surface area contributed by atoms with Crippen LogP contribution in [0.2, 0.25) is 0 Å². The maximum absolute atomic E-state index is 12.1. The Hall–Kier alpha value is -1.70. The van der Waals surface area contributed by atoms with E-state index < -0.39 is 23.9 Å². The van der Waals surface area contributed by atoms with Gasteiger partial charge in [0.25, 0.3) is 5.88 Å². The lowest BCUT2D eigenvalue weighted by Gasteiger charge is -2.14. The van der Waals surface area contributed by atoms with Gasteiger partial charge in [-0.25, -0.2) is 9.78 Å². The van der Waals surface area contributed by atoms with Crippen LogP contribution in [0.1, 0.15) is 16.1 Å². The average molecular weight is 286 g/mol. The van der Waals surface area contributed by atoms with Gasteiger partial charge in [-0.15, -0.1) is 24.8 Å². The van der Waals surface area contributed by atoms with Gasteiger partial charge in [0.15, 0.2) is 11.4 Å². The lowest BCUT2D eigenvalue weighted by atomic mass is 10.2. The SMILES string of the molecule is COc1c(CCl)cc(C(=O)O)nc1OC(F)(F)F. The fraction of sp³-hybridized carbons (Fsp3) is 0.333. The van der Waals surface area contributed by atoms with Crippen molar-refractivity contribution in [3.8, 4) is 11.6 Å². The molecule has 0 saturated carbocycles. The van der Waals surface area contributed by atoms with Crippen molar-refractivity contribution in [1.82, 2.24) is 4.98 Å². The lowest BCUT2D eigenvalue weighted by molar-refractivity contribution is -0.276. The first-order valence-corrected chi connectivity index (χ1v) is 4.95. The molecule has 0 amide bonds. The summed E-state index contributed by atoms with van der Waals surface area (Å²) in [6.07, 6.45) is -5.01. The van der Waals surface area contributed by atoms with E-state index >= 15 is 0 Å². The van der Waals surface area contributed by atoms with Gasteiger partial charge in [0.1, 0.15) is 0 Å². The summed E-state index contributed by atoms with van der Waals surface area (Å²) in [6.45, 7) is 0. The van der Waals surface area contributed by atoms with Crippen molar-refractivity contribution in [2.75, 3.05) is 7.11 Å². The van der Waals surface area contributed by atoms with Crippen LogP contribution in [0.15, 0.2) is 6.07 Å². The molecule has 0 atom stereocenters. The zero-order valence-electron chi connectivity index (χ0n) is 8.92. The number of methoxy groups -OCH3 is 1. The second-order valence-corrected chi connectivity index (χ2v) is 3.26. The number of alkyl halides is 4. The molecule has 0 bridgehead atoms. The Kier molecular flexibility index (Phi) is 4.23. The standard InChI is InChI=1S/C9H7ClF3NO4/c1-17-6-4(3-10)2-5(8(15)16)14-7(6)18-9(11,12)13/h2H,3H2,1H3,(H,15,16). The second kappa shape index (κ2) is 5.30. The number of aromatic nitrogens is 1. The predicted molar refractivity (Wildman–Crippen MR) is 54.0 cm³/mol. The van der Waals surface area contributed by atoms with Crippen LogP contribution in [-0.2, 0) is 5.88 Å². The summed E-state index contributed by atoms with van der Waals surface area (Å²) in [6, 6.07) is 1.01. The Balaban J connectivity index is 3.35. The van der Waals surface area contributed by atoms with Gasteiger partial charge in [-0.05, 0) is 6.07 Å². The number of hydrogen-bond donors (Lipinski definition) is 1. The third kappa shape index (κ3) is 3.39. The van der Waals surface area contributed by atoms with Crippen LogP contribution in [0.4, 0.5) is 13.2 Å². The molecule has 1 rings (SSSR count). The van der Waals surface area contributed by atoms with Crippen LogP contribution in [0.5, 0.6) is 11.6 Å². The van der Waals surface area contributed by atoms with E-state index in [1.807, 2.05) is 0 Å². The van der Waals surface area contributed by atoms with E-state index in [0.29, 0.717) is 0 Å². The van der Waals surface area contributed by atoms with Crippen LogP contribution in [-0.4, -0.2) is 29.5 Å². The maximum atomic E-state index is 12.1. The molecule has 1 N–H and O–H groups in total. The van der Waals surface area contributed by atoms with Crippen molar-refractivity contribution in [2.45, 2.75) is 12.2 Å². The van der Waals surface area contributed by atoms with Crippen LogP contribution in [0.25, 0.3) is 0 Å². The molecule has 100 valence electrons. The molecule has 0 radical (unpaired) electrons. The zero-order valence-corrected chi connectivity index (χ0v) is 9.67. The van der Waals surface area contributed by atoms with Crippen LogP contribution in [0, 0.1) is 0 Å². The molecule has 0 fully saturated rings. The van der Waals surface area contributed by atoms with Crippen molar-refractivity contribution in [3.05, 3.63) is 17.3 Å². The van der Waals surface area contributed by atoms with Crippen molar-refractivity contribution >= 4 is 17.6 Å². The number of hydrogen-bond acceptors (Lipinski definition) is 4. The van der Waals surface area contributed by atoms with E-state index in [-0.39, 0.29) is 17.2 Å². The first-order valence-electron chi connectivity index (χ1n) is 4.41. The normalized spacial score (nSPS) is 11.2. The van der Waals surface area contributed by atoms with Gasteiger partial charge < -0.3 is 14.6 Å². The molecule has 0 unspecified atom stereocenters. The summed E-state index contributed by atoms with van der Waals surface area (Å²) in [4.78, 5) is 13.9. The Morgan fingerprint density at radius 2 is 2.17 bits per heavy atom. The fourth-order valence-corrected chi connectivity index (χ4v) is 1.36. The average Bonchev–Trinajstić information content (AvgIpc) is 2.25. The largest absolute Gasteiger partial charge is 0.574 e. The number of pyridine rings is 1. The predicted octanol–water partition coefficient (Wildman–Crippen LogP) is 2.43. The topological polar surface area (TPSA) is 68.7 Å². The van der Waals surface area contributed by atoms with Gasteiger partial charge in [0, 0.05) is 5.56 Å². The maximum Gasteiger partial charge on any atom is 0.574 e. The molecular weight excluding hydrogens is 279 g/mol. The minimum atomic E-state index is -5.01. The van der Waals surface area contributed by atoms with E-state index in [0.717, 1.165) is 13.2 Å². The molecule has 0 aliphatic rings. The highest BCUT2D eigenvalue weighted by atomic mass is 35.5. The molecule has 9 heteroatoms. The highest BCUT2D eigenvalue weighted by Gasteiger charge is 2.34. The van der Waals surface area contributed by atoms with E-state index in [1.165, 1.54) is 0 Å². The van der Waals surface area contributed by atoms with E-state index in [1.54, 1.807) is 0 Å². The third-order valence-corrected chi connectivity index (χ3v) is 2.09. The summed E-state index contributed by atoms with van der Waals surface area (Å²) in [5.74, 6) is -3.09. The molecule has 1 heterocycles. The van der Waals surface area contributed by atoms with Crippen LogP contribution >= 0.6 is 11.6 Å². The lowest BCUT2D eigenvalue weighted by Crippen LogP contribution is -2.19. The Morgan fingerprint density at radius 3 is 2.56 bits per heavy atom. The minimum Gasteiger partial charge on any atom is -0.491 e. The number of halogens is 4. The number of nitrogens with zero attached hydrogens (tertiary/aromatic N) is 1. The number of carboxylic acid groups (broad SMARTS) is 1. The van der Waals surface area contributed by atoms with Crippen molar-refractivity contribution in [2.24, 2.45) is 0 Å². The molecule has 1 aromatic heterocycles. The van der Waals surface area contributed by atoms with E-state index in [9.17, 15) is 18.0 Å². The fourth-order valence-electron chi connectivity index (χ4n) is 1.17. The number of rotatable bonds is 4. The molecular formula is C9H7ClF3NO4. The molecule has 5 nitrogen and oxygen atoms in total. The molecule has 1 aromatic rings. The van der Waals surface area contributed by atoms with Gasteiger partial charge in [-0.3, -0.25) is 0 Å². The molecule has 18 heavy (non-hydrogen) atoms. The van der Waals surface area contributed by atoms with Gasteiger partial charge >= 0.3 is 12.3 Å². The first-order chi connectivity index (χ1) is 8.28. The van der Waals surface area contributed by atoms with Crippen molar-refractivity contribution < 1.29 is 32.5 Å². The van der Waals surface area contributed by atoms with Crippen LogP contribution < -0.4 is 9.47 Å². The van der Waals surface area contributed by atoms with Crippen molar-refractivity contribution in [3.63, 3.8) is 0 Å². The number of carbonyl (C=O) groups is 1. The Bertz CT molecular complexity index is 464. The van der Waals surface area contributed by atoms with Gasteiger partial charge in [0.05, 0.1) is 13.0 Å². The Morgan fingerprint density at radius 1 is 1.56 bits per heavy atom. The highest BCUT2D eigenvalue weighted by Crippen LogP contribution is 2.34. The Labute approximate surface area is 104 Å². The first kappa shape index (κ1) is 14.4. The zero-order chi connectivity index (χ0) is 13.9. The highest BCUT2D eigenvalue weighted by molar-refractivity contribution is 6.17. The van der Waals surface area contributed by atoms with Gasteiger partial charge in [-0.2, -0.15) is 0 Å².